The van der Waals surface area contributed by atoms with Gasteiger partial charge in [-0.2, -0.15) is 0 Å². The predicted octanol–water partition coefficient (Wildman–Crippen LogP) is 2.95. The molecule has 1 heterocycles. The van der Waals surface area contributed by atoms with Crippen molar-refractivity contribution in [3.8, 4) is 0 Å². The molecule has 0 amide bonds. The van der Waals surface area contributed by atoms with Crippen molar-refractivity contribution in [3.63, 3.8) is 0 Å². The van der Waals surface area contributed by atoms with Crippen molar-refractivity contribution in [1.82, 2.24) is 4.98 Å². The van der Waals surface area contributed by atoms with Gasteiger partial charge in [-0.1, -0.05) is 18.2 Å². The molecule has 0 radical (unpaired) electrons. The van der Waals surface area contributed by atoms with E-state index < -0.39 is 0 Å². The van der Waals surface area contributed by atoms with Crippen molar-refractivity contribution in [3.05, 3.63) is 48.2 Å². The van der Waals surface area contributed by atoms with Crippen molar-refractivity contribution in [2.24, 2.45) is 0 Å². The quantitative estimate of drug-likeness (QED) is 0.735. The van der Waals surface area contributed by atoms with Crippen LogP contribution in [0.4, 0.5) is 0 Å². The Kier molecular flexibility index (Phi) is 3.25. The minimum absolute atomic E-state index is 0.950. The predicted molar refractivity (Wildman–Crippen MR) is 73.7 cm³/mol. The van der Waals surface area contributed by atoms with Crippen LogP contribution in [0, 0.1) is 0 Å². The molecule has 17 heavy (non-hydrogen) atoms. The molecule has 0 unspecified atom stereocenters. The van der Waals surface area contributed by atoms with Crippen molar-refractivity contribution in [2.45, 2.75) is 0 Å². The summed E-state index contributed by atoms with van der Waals surface area (Å²) >= 11 is 0. The molecule has 88 valence electrons. The number of hydrogen-bond donors (Lipinski definition) is 0. The number of nitrogens with zero attached hydrogens (tertiary/aromatic N) is 2. The molecule has 0 aliphatic carbocycles. The van der Waals surface area contributed by atoms with Crippen LogP contribution in [0.1, 0.15) is 5.56 Å². The highest BCUT2D eigenvalue weighted by Crippen LogP contribution is 2.14. The lowest BCUT2D eigenvalue weighted by atomic mass is 10.1. The average Bonchev–Trinajstić information content (AvgIpc) is 2.27. The van der Waals surface area contributed by atoms with Crippen LogP contribution in [0.5, 0.6) is 0 Å². The summed E-state index contributed by atoms with van der Waals surface area (Å²) in [4.78, 5) is 4.31. The number of likely N-dealkylation sites (N-methyl/N-ethyl adjacent to an activating group) is 1. The van der Waals surface area contributed by atoms with Gasteiger partial charge in [-0.25, -0.2) is 0 Å². The minimum Gasteiger partial charge on any atom is -0.328 e. The van der Waals surface area contributed by atoms with Crippen molar-refractivity contribution < 1.29 is 4.48 Å². The Morgan fingerprint density at radius 2 is 2.00 bits per heavy atom. The van der Waals surface area contributed by atoms with E-state index in [9.17, 15) is 0 Å². The van der Waals surface area contributed by atoms with Crippen molar-refractivity contribution in [1.29, 1.82) is 0 Å². The van der Waals surface area contributed by atoms with Gasteiger partial charge in [0.05, 0.1) is 33.2 Å². The van der Waals surface area contributed by atoms with E-state index in [1.54, 1.807) is 0 Å². The molecule has 2 heteroatoms. The molecule has 0 aliphatic heterocycles. The largest absolute Gasteiger partial charge is 0.328 e. The third-order valence-electron chi connectivity index (χ3n) is 2.59. The van der Waals surface area contributed by atoms with Gasteiger partial charge in [-0.05, 0) is 29.8 Å². The Labute approximate surface area is 103 Å². The van der Waals surface area contributed by atoms with Gasteiger partial charge < -0.3 is 4.48 Å². The molecule has 2 aromatic rings. The fourth-order valence-corrected chi connectivity index (χ4v) is 1.70. The Balaban J connectivity index is 2.20. The zero-order chi connectivity index (χ0) is 12.3. The number of hydrogen-bond acceptors (Lipinski definition) is 1. The number of rotatable bonds is 3. The summed E-state index contributed by atoms with van der Waals surface area (Å²) in [5.74, 6) is 0. The van der Waals surface area contributed by atoms with Gasteiger partial charge >= 0.3 is 0 Å². The first-order valence-corrected chi connectivity index (χ1v) is 5.86. The first-order valence-electron chi connectivity index (χ1n) is 5.86. The fourth-order valence-electron chi connectivity index (χ4n) is 1.70. The summed E-state index contributed by atoms with van der Waals surface area (Å²) in [7, 11) is 6.57. The highest BCUT2D eigenvalue weighted by molar-refractivity contribution is 5.80. The summed E-state index contributed by atoms with van der Waals surface area (Å²) in [6.45, 7) is 1.03. The normalized spacial score (nSPS) is 12.4. The van der Waals surface area contributed by atoms with Crippen LogP contribution >= 0.6 is 0 Å². The van der Waals surface area contributed by atoms with Crippen LogP contribution in [0.2, 0.25) is 0 Å². The van der Waals surface area contributed by atoms with E-state index in [1.165, 1.54) is 10.9 Å². The molecule has 0 fully saturated rings. The SMILES string of the molecule is C[N+](C)(C)C/C=C/c1ccc2ncccc2c1. The van der Waals surface area contributed by atoms with Gasteiger partial charge in [-0.3, -0.25) is 4.98 Å². The van der Waals surface area contributed by atoms with Gasteiger partial charge in [0.1, 0.15) is 0 Å². The van der Waals surface area contributed by atoms with Crippen LogP contribution in [0.3, 0.4) is 0 Å². The van der Waals surface area contributed by atoms with E-state index in [4.69, 9.17) is 0 Å². The van der Waals surface area contributed by atoms with Gasteiger partial charge in [0.15, 0.2) is 0 Å². The maximum Gasteiger partial charge on any atom is 0.0970 e. The number of aromatic nitrogens is 1. The maximum atomic E-state index is 4.31. The van der Waals surface area contributed by atoms with E-state index in [0.29, 0.717) is 0 Å². The topological polar surface area (TPSA) is 12.9 Å². The summed E-state index contributed by atoms with van der Waals surface area (Å²) in [5.41, 5.74) is 2.29. The fraction of sp³-hybridized carbons (Fsp3) is 0.267. The summed E-state index contributed by atoms with van der Waals surface area (Å²) in [6.07, 6.45) is 6.22. The Hall–Kier alpha value is -1.67. The highest BCUT2D eigenvalue weighted by Gasteiger charge is 2.01. The Morgan fingerprint density at radius 3 is 2.76 bits per heavy atom. The molecular formula is C15H19N2+. The van der Waals surface area contributed by atoms with E-state index in [0.717, 1.165) is 16.5 Å². The minimum atomic E-state index is 0.950. The number of pyridine rings is 1. The number of quaternary nitrogens is 1. The number of fused-ring (bicyclic) bond motifs is 1. The summed E-state index contributed by atoms with van der Waals surface area (Å²) in [5, 5.41) is 1.19. The third kappa shape index (κ3) is 3.40. The zero-order valence-electron chi connectivity index (χ0n) is 10.7. The maximum absolute atomic E-state index is 4.31. The third-order valence-corrected chi connectivity index (χ3v) is 2.59. The summed E-state index contributed by atoms with van der Waals surface area (Å²) in [6, 6.07) is 10.4. The van der Waals surface area contributed by atoms with Crippen molar-refractivity contribution >= 4 is 17.0 Å². The molecule has 0 N–H and O–H groups in total. The lowest BCUT2D eigenvalue weighted by Crippen LogP contribution is -2.34. The average molecular weight is 227 g/mol. The highest BCUT2D eigenvalue weighted by atomic mass is 15.3. The second kappa shape index (κ2) is 4.68. The van der Waals surface area contributed by atoms with Crippen molar-refractivity contribution in [2.75, 3.05) is 27.7 Å². The Bertz CT molecular complexity index is 536. The second-order valence-corrected chi connectivity index (χ2v) is 5.33. The van der Waals surface area contributed by atoms with E-state index >= 15 is 0 Å². The van der Waals surface area contributed by atoms with Gasteiger partial charge in [0, 0.05) is 11.6 Å². The molecule has 0 spiro atoms. The van der Waals surface area contributed by atoms with Crippen LogP contribution in [-0.2, 0) is 0 Å². The molecule has 0 saturated heterocycles. The monoisotopic (exact) mass is 227 g/mol. The molecule has 0 bridgehead atoms. The first-order chi connectivity index (χ1) is 8.04. The molecule has 2 rings (SSSR count). The van der Waals surface area contributed by atoms with E-state index in [1.807, 2.05) is 12.3 Å². The molecule has 0 atom stereocenters. The second-order valence-electron chi connectivity index (χ2n) is 5.33. The molecule has 2 nitrogen and oxygen atoms in total. The van der Waals surface area contributed by atoms with Gasteiger partial charge in [-0.15, -0.1) is 0 Å². The smallest absolute Gasteiger partial charge is 0.0970 e. The molecule has 0 saturated carbocycles. The number of benzene rings is 1. The zero-order valence-corrected chi connectivity index (χ0v) is 10.7. The van der Waals surface area contributed by atoms with Crippen LogP contribution < -0.4 is 0 Å². The van der Waals surface area contributed by atoms with E-state index in [-0.39, 0.29) is 0 Å². The molecule has 1 aromatic carbocycles. The summed E-state index contributed by atoms with van der Waals surface area (Å²) < 4.78 is 0.950. The lowest BCUT2D eigenvalue weighted by molar-refractivity contribution is -0.864. The molecule has 0 aliphatic rings. The van der Waals surface area contributed by atoms with E-state index in [2.05, 4.69) is 62.5 Å². The van der Waals surface area contributed by atoms with Crippen LogP contribution in [0.25, 0.3) is 17.0 Å². The van der Waals surface area contributed by atoms with Gasteiger partial charge in [0.2, 0.25) is 0 Å². The molecular weight excluding hydrogens is 208 g/mol. The van der Waals surface area contributed by atoms with Gasteiger partial charge in [0.25, 0.3) is 0 Å². The van der Waals surface area contributed by atoms with Crippen LogP contribution in [-0.4, -0.2) is 37.2 Å². The van der Waals surface area contributed by atoms with Crippen LogP contribution in [0.15, 0.2) is 42.6 Å². The standard InChI is InChI=1S/C15H19N2/c1-17(2,3)11-5-6-13-8-9-15-14(12-13)7-4-10-16-15/h4-10,12H,11H2,1-3H3/q+1/b6-5+. The Morgan fingerprint density at radius 1 is 1.18 bits per heavy atom. The molecule has 1 aromatic heterocycles. The first kappa shape index (κ1) is 11.8. The lowest BCUT2D eigenvalue weighted by Gasteiger charge is -2.21.